The molecule has 134 valence electrons. The zero-order chi connectivity index (χ0) is 17.9. The molecule has 1 aromatic rings. The van der Waals surface area contributed by atoms with Gasteiger partial charge in [0.25, 0.3) is 0 Å². The van der Waals surface area contributed by atoms with E-state index in [1.807, 2.05) is 20.8 Å². The van der Waals surface area contributed by atoms with E-state index in [-0.39, 0.29) is 28.9 Å². The molecule has 1 unspecified atom stereocenters. The fourth-order valence-corrected chi connectivity index (χ4v) is 3.29. The maximum Gasteiger partial charge on any atom is 0.323 e. The summed E-state index contributed by atoms with van der Waals surface area (Å²) in [6.07, 6.45) is 4.05. The Labute approximate surface area is 148 Å². The van der Waals surface area contributed by atoms with Gasteiger partial charge in [-0.15, -0.1) is 0 Å². The number of carbonyl (C=O) groups is 1. The number of ether oxygens (including phenoxy) is 1. The van der Waals surface area contributed by atoms with E-state index in [1.54, 1.807) is 6.07 Å². The number of aryl methyl sites for hydroxylation is 1. The van der Waals surface area contributed by atoms with Crippen molar-refractivity contribution in [2.24, 2.45) is 0 Å². The first-order valence-electron chi connectivity index (χ1n) is 8.65. The van der Waals surface area contributed by atoms with Crippen molar-refractivity contribution >= 4 is 17.6 Å². The molecule has 0 spiro atoms. The van der Waals surface area contributed by atoms with Crippen LogP contribution in [0.2, 0.25) is 5.02 Å². The summed E-state index contributed by atoms with van der Waals surface area (Å²) >= 11 is 5.90. The molecule has 0 radical (unpaired) electrons. The lowest BCUT2D eigenvalue weighted by molar-refractivity contribution is -0.158. The predicted molar refractivity (Wildman–Crippen MR) is 94.9 cm³/mol. The Morgan fingerprint density at radius 1 is 1.42 bits per heavy atom. The van der Waals surface area contributed by atoms with Gasteiger partial charge < -0.3 is 10.1 Å². The minimum Gasteiger partial charge on any atom is -0.459 e. The van der Waals surface area contributed by atoms with Gasteiger partial charge >= 0.3 is 5.97 Å². The zero-order valence-corrected chi connectivity index (χ0v) is 15.7. The van der Waals surface area contributed by atoms with Crippen molar-refractivity contribution in [1.29, 1.82) is 0 Å². The van der Waals surface area contributed by atoms with Crippen LogP contribution in [0, 0.1) is 5.82 Å². The first kappa shape index (κ1) is 19.2. The summed E-state index contributed by atoms with van der Waals surface area (Å²) in [5.74, 6) is -0.563. The standard InChI is InChI=1S/C19H27ClFNO2/c1-5-6-17(18(23)24-19(2,3)4)22-14-8-7-12-11-16(21)15(20)10-13(12)9-14/h10-11,14,17,22H,5-9H2,1-4H3/t14-,17?/m0/s1. The number of fused-ring (bicyclic) bond motifs is 1. The average Bonchev–Trinajstić information content (AvgIpc) is 2.46. The van der Waals surface area contributed by atoms with Crippen LogP contribution in [-0.4, -0.2) is 23.7 Å². The first-order chi connectivity index (χ1) is 11.2. The molecule has 24 heavy (non-hydrogen) atoms. The third-order valence-electron chi connectivity index (χ3n) is 4.18. The molecule has 0 saturated carbocycles. The van der Waals surface area contributed by atoms with Crippen LogP contribution >= 0.6 is 11.6 Å². The van der Waals surface area contributed by atoms with Gasteiger partial charge in [0.2, 0.25) is 0 Å². The lowest BCUT2D eigenvalue weighted by Crippen LogP contribution is -2.47. The number of rotatable bonds is 5. The molecular formula is C19H27ClFNO2. The fraction of sp³-hybridized carbons (Fsp3) is 0.632. The van der Waals surface area contributed by atoms with Crippen molar-refractivity contribution in [2.45, 2.75) is 77.5 Å². The van der Waals surface area contributed by atoms with Gasteiger partial charge in [0.1, 0.15) is 17.5 Å². The zero-order valence-electron chi connectivity index (χ0n) is 14.9. The molecule has 0 bridgehead atoms. The van der Waals surface area contributed by atoms with Gasteiger partial charge in [0.15, 0.2) is 0 Å². The van der Waals surface area contributed by atoms with Crippen molar-refractivity contribution in [3.8, 4) is 0 Å². The molecule has 0 heterocycles. The van der Waals surface area contributed by atoms with Crippen LogP contribution in [0.5, 0.6) is 0 Å². The van der Waals surface area contributed by atoms with E-state index in [9.17, 15) is 9.18 Å². The van der Waals surface area contributed by atoms with E-state index < -0.39 is 5.60 Å². The minimum absolute atomic E-state index is 0.159. The van der Waals surface area contributed by atoms with Crippen LogP contribution in [0.4, 0.5) is 4.39 Å². The number of hydrogen-bond donors (Lipinski definition) is 1. The predicted octanol–water partition coefficient (Wildman–Crippen LogP) is 4.44. The molecule has 0 saturated heterocycles. The van der Waals surface area contributed by atoms with Gasteiger partial charge in [-0.05, 0) is 69.7 Å². The summed E-state index contributed by atoms with van der Waals surface area (Å²) in [6, 6.07) is 3.10. The SMILES string of the molecule is CCCC(N[C@H]1CCc2cc(F)c(Cl)cc2C1)C(=O)OC(C)(C)C. The highest BCUT2D eigenvalue weighted by molar-refractivity contribution is 6.30. The van der Waals surface area contributed by atoms with Gasteiger partial charge in [-0.25, -0.2) is 4.39 Å². The van der Waals surface area contributed by atoms with Crippen LogP contribution in [0.25, 0.3) is 0 Å². The monoisotopic (exact) mass is 355 g/mol. The lowest BCUT2D eigenvalue weighted by Gasteiger charge is -2.31. The molecule has 1 aromatic carbocycles. The van der Waals surface area contributed by atoms with Crippen LogP contribution in [0.1, 0.15) is 58.1 Å². The van der Waals surface area contributed by atoms with E-state index in [2.05, 4.69) is 12.2 Å². The number of halogens is 2. The summed E-state index contributed by atoms with van der Waals surface area (Å²) in [6.45, 7) is 7.68. The van der Waals surface area contributed by atoms with E-state index >= 15 is 0 Å². The molecule has 2 rings (SSSR count). The highest BCUT2D eigenvalue weighted by Crippen LogP contribution is 2.27. The Hall–Kier alpha value is -1.13. The van der Waals surface area contributed by atoms with E-state index in [4.69, 9.17) is 16.3 Å². The van der Waals surface area contributed by atoms with Crippen LogP contribution < -0.4 is 5.32 Å². The average molecular weight is 356 g/mol. The van der Waals surface area contributed by atoms with Crippen molar-refractivity contribution in [3.05, 3.63) is 34.1 Å². The minimum atomic E-state index is -0.491. The molecule has 0 amide bonds. The second-order valence-corrected chi connectivity index (χ2v) is 7.92. The third kappa shape index (κ3) is 5.18. The Morgan fingerprint density at radius 3 is 2.75 bits per heavy atom. The summed E-state index contributed by atoms with van der Waals surface area (Å²) in [5.41, 5.74) is 1.58. The van der Waals surface area contributed by atoms with Crippen molar-refractivity contribution in [3.63, 3.8) is 0 Å². The number of nitrogens with one attached hydrogen (secondary N) is 1. The van der Waals surface area contributed by atoms with E-state index in [1.165, 1.54) is 6.07 Å². The van der Waals surface area contributed by atoms with E-state index in [0.717, 1.165) is 43.2 Å². The van der Waals surface area contributed by atoms with Gasteiger partial charge in [-0.2, -0.15) is 0 Å². The van der Waals surface area contributed by atoms with Gasteiger partial charge in [0, 0.05) is 6.04 Å². The Bertz CT molecular complexity index is 598. The molecule has 2 atom stereocenters. The van der Waals surface area contributed by atoms with Gasteiger partial charge in [0.05, 0.1) is 5.02 Å². The fourth-order valence-electron chi connectivity index (χ4n) is 3.11. The lowest BCUT2D eigenvalue weighted by atomic mass is 9.87. The molecule has 0 fully saturated rings. The van der Waals surface area contributed by atoms with E-state index in [0.29, 0.717) is 0 Å². The largest absolute Gasteiger partial charge is 0.459 e. The molecule has 1 aliphatic rings. The summed E-state index contributed by atoms with van der Waals surface area (Å²) in [4.78, 5) is 12.4. The second kappa shape index (κ2) is 7.83. The van der Waals surface area contributed by atoms with Gasteiger partial charge in [-0.3, -0.25) is 4.79 Å². The molecule has 5 heteroatoms. The molecule has 1 N–H and O–H groups in total. The number of esters is 1. The first-order valence-corrected chi connectivity index (χ1v) is 9.03. The number of hydrogen-bond acceptors (Lipinski definition) is 3. The highest BCUT2D eigenvalue weighted by Gasteiger charge is 2.28. The molecule has 3 nitrogen and oxygen atoms in total. The maximum atomic E-state index is 13.6. The molecule has 1 aliphatic carbocycles. The van der Waals surface area contributed by atoms with Gasteiger partial charge in [-0.1, -0.05) is 24.9 Å². The maximum absolute atomic E-state index is 13.6. The molecule has 0 aromatic heterocycles. The summed E-state index contributed by atoms with van der Waals surface area (Å²) in [7, 11) is 0. The molecular weight excluding hydrogens is 329 g/mol. The number of benzene rings is 1. The normalized spacial score (nSPS) is 18.8. The number of carbonyl (C=O) groups excluding carboxylic acids is 1. The summed E-state index contributed by atoms with van der Waals surface area (Å²) < 4.78 is 19.1. The summed E-state index contributed by atoms with van der Waals surface area (Å²) in [5, 5.41) is 3.60. The smallest absolute Gasteiger partial charge is 0.323 e. The molecule has 0 aliphatic heterocycles. The van der Waals surface area contributed by atoms with Crippen molar-refractivity contribution in [1.82, 2.24) is 5.32 Å². The van der Waals surface area contributed by atoms with Crippen LogP contribution in [-0.2, 0) is 22.4 Å². The van der Waals surface area contributed by atoms with Crippen LogP contribution in [0.3, 0.4) is 0 Å². The highest BCUT2D eigenvalue weighted by atomic mass is 35.5. The third-order valence-corrected chi connectivity index (χ3v) is 4.47. The van der Waals surface area contributed by atoms with Crippen molar-refractivity contribution in [2.75, 3.05) is 0 Å². The Morgan fingerprint density at radius 2 is 2.12 bits per heavy atom. The topological polar surface area (TPSA) is 38.3 Å². The quantitative estimate of drug-likeness (QED) is 0.794. The van der Waals surface area contributed by atoms with Crippen LogP contribution in [0.15, 0.2) is 12.1 Å². The second-order valence-electron chi connectivity index (χ2n) is 7.52. The Balaban J connectivity index is 2.05. The Kier molecular flexibility index (Phi) is 6.27. The van der Waals surface area contributed by atoms with Crippen molar-refractivity contribution < 1.29 is 13.9 Å².